The number of rotatable bonds is 6. The van der Waals surface area contributed by atoms with Gasteiger partial charge in [-0.15, -0.1) is 0 Å². The van der Waals surface area contributed by atoms with Crippen molar-refractivity contribution < 1.29 is 4.74 Å². The molecule has 0 aromatic carbocycles. The number of hydrogen-bond donors (Lipinski definition) is 1. The minimum absolute atomic E-state index is 0.200. The van der Waals surface area contributed by atoms with E-state index in [1.165, 1.54) is 12.8 Å². The second kappa shape index (κ2) is 5.34. The Morgan fingerprint density at radius 1 is 1.41 bits per heavy atom. The van der Waals surface area contributed by atoms with Crippen molar-refractivity contribution in [1.82, 2.24) is 9.97 Å². The molecule has 2 rings (SSSR count). The van der Waals surface area contributed by atoms with Crippen LogP contribution < -0.4 is 10.1 Å². The van der Waals surface area contributed by atoms with Crippen molar-refractivity contribution in [2.45, 2.75) is 52.1 Å². The summed E-state index contributed by atoms with van der Waals surface area (Å²) in [6.45, 7) is 7.10. The van der Waals surface area contributed by atoms with Crippen LogP contribution in [0, 0.1) is 0 Å². The molecule has 0 saturated heterocycles. The highest BCUT2D eigenvalue weighted by Gasteiger charge is 2.27. The molecule has 0 spiro atoms. The Balaban J connectivity index is 2.17. The van der Waals surface area contributed by atoms with E-state index in [0.717, 1.165) is 24.6 Å². The van der Waals surface area contributed by atoms with Crippen LogP contribution >= 0.6 is 0 Å². The fourth-order valence-electron chi connectivity index (χ4n) is 1.59. The van der Waals surface area contributed by atoms with E-state index in [1.807, 2.05) is 6.07 Å². The van der Waals surface area contributed by atoms with E-state index in [2.05, 4.69) is 36.1 Å². The highest BCUT2D eigenvalue weighted by atomic mass is 16.5. The first-order valence-corrected chi connectivity index (χ1v) is 6.52. The quantitative estimate of drug-likeness (QED) is 0.823. The van der Waals surface area contributed by atoms with Crippen molar-refractivity contribution in [2.24, 2.45) is 0 Å². The van der Waals surface area contributed by atoms with Crippen molar-refractivity contribution in [1.29, 1.82) is 0 Å². The van der Waals surface area contributed by atoms with Crippen molar-refractivity contribution in [3.8, 4) is 5.88 Å². The van der Waals surface area contributed by atoms with E-state index >= 15 is 0 Å². The number of nitrogens with zero attached hydrogens (tertiary/aromatic N) is 2. The summed E-state index contributed by atoms with van der Waals surface area (Å²) < 4.78 is 5.78. The molecular formula is C13H21N3O. The first-order chi connectivity index (χ1) is 8.22. The zero-order valence-electron chi connectivity index (χ0n) is 10.9. The molecule has 1 saturated carbocycles. The summed E-state index contributed by atoms with van der Waals surface area (Å²) in [6, 6.07) is 1.89. The molecule has 1 aromatic heterocycles. The van der Waals surface area contributed by atoms with Gasteiger partial charge in [0.25, 0.3) is 0 Å². The lowest BCUT2D eigenvalue weighted by Gasteiger charge is -2.13. The lowest BCUT2D eigenvalue weighted by molar-refractivity contribution is 0.208. The molecule has 4 nitrogen and oxygen atoms in total. The maximum absolute atomic E-state index is 5.78. The summed E-state index contributed by atoms with van der Waals surface area (Å²) in [5.74, 6) is 3.06. The molecule has 1 aliphatic rings. The van der Waals surface area contributed by atoms with Crippen molar-refractivity contribution >= 4 is 5.82 Å². The standard InChI is InChI=1S/C13H21N3O/c1-4-9(3)17-12-8-11(14-5-2)15-13(16-12)10-6-7-10/h8-10H,4-7H2,1-3H3,(H,14,15,16). The first-order valence-electron chi connectivity index (χ1n) is 6.52. The summed E-state index contributed by atoms with van der Waals surface area (Å²) in [5, 5.41) is 3.23. The summed E-state index contributed by atoms with van der Waals surface area (Å²) in [7, 11) is 0. The van der Waals surface area contributed by atoms with Crippen molar-refractivity contribution in [3.05, 3.63) is 11.9 Å². The van der Waals surface area contributed by atoms with E-state index in [-0.39, 0.29) is 6.10 Å². The van der Waals surface area contributed by atoms with Crippen molar-refractivity contribution in [3.63, 3.8) is 0 Å². The Kier molecular flexibility index (Phi) is 3.82. The first kappa shape index (κ1) is 12.1. The second-order valence-corrected chi connectivity index (χ2v) is 4.59. The second-order valence-electron chi connectivity index (χ2n) is 4.59. The monoisotopic (exact) mass is 235 g/mol. The smallest absolute Gasteiger partial charge is 0.218 e. The van der Waals surface area contributed by atoms with Crippen LogP contribution in [0.3, 0.4) is 0 Å². The predicted molar refractivity (Wildman–Crippen MR) is 68.6 cm³/mol. The molecule has 0 radical (unpaired) electrons. The van der Waals surface area contributed by atoms with E-state index in [0.29, 0.717) is 11.8 Å². The Morgan fingerprint density at radius 2 is 2.18 bits per heavy atom. The molecule has 0 amide bonds. The maximum atomic E-state index is 5.78. The minimum Gasteiger partial charge on any atom is -0.475 e. The SMILES string of the molecule is CCNc1cc(OC(C)CC)nc(C2CC2)n1. The molecule has 1 aromatic rings. The summed E-state index contributed by atoms with van der Waals surface area (Å²) in [5.41, 5.74) is 0. The molecule has 4 heteroatoms. The van der Waals surface area contributed by atoms with Gasteiger partial charge in [-0.05, 0) is 33.1 Å². The van der Waals surface area contributed by atoms with Gasteiger partial charge in [-0.1, -0.05) is 6.92 Å². The summed E-state index contributed by atoms with van der Waals surface area (Å²) in [6.07, 6.45) is 3.60. The van der Waals surface area contributed by atoms with Crippen LogP contribution in [0.5, 0.6) is 5.88 Å². The average molecular weight is 235 g/mol. The van der Waals surface area contributed by atoms with Gasteiger partial charge < -0.3 is 10.1 Å². The Hall–Kier alpha value is -1.32. The number of ether oxygens (including phenoxy) is 1. The van der Waals surface area contributed by atoms with Gasteiger partial charge in [0.1, 0.15) is 11.6 Å². The molecule has 0 aliphatic heterocycles. The van der Waals surface area contributed by atoms with Gasteiger partial charge in [-0.2, -0.15) is 4.98 Å². The molecule has 1 heterocycles. The van der Waals surface area contributed by atoms with Crippen molar-refractivity contribution in [2.75, 3.05) is 11.9 Å². The maximum Gasteiger partial charge on any atom is 0.218 e. The summed E-state index contributed by atoms with van der Waals surface area (Å²) >= 11 is 0. The van der Waals surface area contributed by atoms with Crippen LogP contribution in [0.2, 0.25) is 0 Å². The molecule has 94 valence electrons. The number of aromatic nitrogens is 2. The average Bonchev–Trinajstić information content (AvgIpc) is 3.12. The van der Waals surface area contributed by atoms with E-state index in [1.54, 1.807) is 0 Å². The van der Waals surface area contributed by atoms with Gasteiger partial charge in [-0.3, -0.25) is 0 Å². The lowest BCUT2D eigenvalue weighted by Crippen LogP contribution is -2.12. The van der Waals surface area contributed by atoms with Gasteiger partial charge >= 0.3 is 0 Å². The molecule has 1 N–H and O–H groups in total. The van der Waals surface area contributed by atoms with Gasteiger partial charge in [0.15, 0.2) is 0 Å². The fourth-order valence-corrected chi connectivity index (χ4v) is 1.59. The zero-order valence-corrected chi connectivity index (χ0v) is 10.9. The van der Waals surface area contributed by atoms with E-state index in [9.17, 15) is 0 Å². The summed E-state index contributed by atoms with van der Waals surface area (Å²) in [4.78, 5) is 9.01. The van der Waals surface area contributed by atoms with Gasteiger partial charge in [0, 0.05) is 18.5 Å². The molecule has 1 unspecified atom stereocenters. The third-order valence-corrected chi connectivity index (χ3v) is 2.92. The molecule has 1 fully saturated rings. The Bertz CT molecular complexity index is 377. The van der Waals surface area contributed by atoms with E-state index < -0.39 is 0 Å². The number of anilines is 1. The van der Waals surface area contributed by atoms with Crippen LogP contribution in [0.25, 0.3) is 0 Å². The normalized spacial score (nSPS) is 16.6. The van der Waals surface area contributed by atoms with Gasteiger partial charge in [0.2, 0.25) is 5.88 Å². The van der Waals surface area contributed by atoms with Crippen LogP contribution in [-0.2, 0) is 0 Å². The topological polar surface area (TPSA) is 47.0 Å². The van der Waals surface area contributed by atoms with Crippen LogP contribution in [0.1, 0.15) is 51.8 Å². The molecule has 1 atom stereocenters. The highest BCUT2D eigenvalue weighted by Crippen LogP contribution is 2.39. The number of hydrogen-bond acceptors (Lipinski definition) is 4. The molecule has 0 bridgehead atoms. The zero-order chi connectivity index (χ0) is 12.3. The molecule has 1 aliphatic carbocycles. The van der Waals surface area contributed by atoms with Crippen LogP contribution in [0.15, 0.2) is 6.07 Å². The minimum atomic E-state index is 0.200. The Morgan fingerprint density at radius 3 is 2.76 bits per heavy atom. The van der Waals surface area contributed by atoms with Crippen LogP contribution in [0.4, 0.5) is 5.82 Å². The molecule has 17 heavy (non-hydrogen) atoms. The Labute approximate surface area is 103 Å². The lowest BCUT2D eigenvalue weighted by atomic mass is 10.3. The van der Waals surface area contributed by atoms with Crippen LogP contribution in [-0.4, -0.2) is 22.6 Å². The van der Waals surface area contributed by atoms with Gasteiger partial charge in [0.05, 0.1) is 6.10 Å². The highest BCUT2D eigenvalue weighted by molar-refractivity contribution is 5.39. The third kappa shape index (κ3) is 3.32. The van der Waals surface area contributed by atoms with Gasteiger partial charge in [-0.25, -0.2) is 4.98 Å². The number of nitrogens with one attached hydrogen (secondary N) is 1. The molecular weight excluding hydrogens is 214 g/mol. The largest absolute Gasteiger partial charge is 0.475 e. The van der Waals surface area contributed by atoms with E-state index in [4.69, 9.17) is 4.74 Å². The third-order valence-electron chi connectivity index (χ3n) is 2.92. The predicted octanol–water partition coefficient (Wildman–Crippen LogP) is 2.96. The fraction of sp³-hybridized carbons (Fsp3) is 0.692.